The normalized spacial score (nSPS) is 13.8. The van der Waals surface area contributed by atoms with Crippen LogP contribution in [-0.4, -0.2) is 18.2 Å². The molecule has 1 aliphatic rings. The molecule has 3 aromatic rings. The molecule has 0 fully saturated rings. The first-order valence-corrected chi connectivity index (χ1v) is 9.47. The van der Waals surface area contributed by atoms with Gasteiger partial charge in [0, 0.05) is 29.8 Å². The predicted molar refractivity (Wildman–Crippen MR) is 91.4 cm³/mol. The van der Waals surface area contributed by atoms with Crippen LogP contribution in [0.2, 0.25) is 0 Å². The van der Waals surface area contributed by atoms with Crippen LogP contribution < -0.4 is 0 Å². The van der Waals surface area contributed by atoms with Gasteiger partial charge in [0.2, 0.25) is 0 Å². The van der Waals surface area contributed by atoms with Crippen molar-refractivity contribution in [2.45, 2.75) is 17.7 Å². The molecule has 1 aromatic heterocycles. The van der Waals surface area contributed by atoms with Gasteiger partial charge in [-0.3, -0.25) is 4.79 Å². The van der Waals surface area contributed by atoms with E-state index in [1.807, 2.05) is 0 Å². The van der Waals surface area contributed by atoms with E-state index >= 15 is 0 Å². The van der Waals surface area contributed by atoms with E-state index in [9.17, 15) is 26.4 Å². The highest BCUT2D eigenvalue weighted by atomic mass is 32.2. The van der Waals surface area contributed by atoms with Crippen LogP contribution in [0, 0.1) is 17.5 Å². The van der Waals surface area contributed by atoms with Crippen molar-refractivity contribution in [2.24, 2.45) is 0 Å². The molecule has 0 amide bonds. The molecule has 0 aliphatic heterocycles. The molecule has 8 heteroatoms. The van der Waals surface area contributed by atoms with Crippen LogP contribution in [0.25, 0.3) is 11.3 Å². The summed E-state index contributed by atoms with van der Waals surface area (Å²) >= 11 is 0. The van der Waals surface area contributed by atoms with Crippen molar-refractivity contribution in [2.75, 3.05) is 0 Å². The first kappa shape index (κ1) is 17.5. The summed E-state index contributed by atoms with van der Waals surface area (Å²) in [5, 5.41) is 0. The predicted octanol–water partition coefficient (Wildman–Crippen LogP) is 3.94. The number of aromatic nitrogens is 1. The van der Waals surface area contributed by atoms with Crippen LogP contribution in [0.3, 0.4) is 0 Å². The lowest BCUT2D eigenvalue weighted by molar-refractivity contribution is 0.0994. The second-order valence-corrected chi connectivity index (χ2v) is 7.99. The van der Waals surface area contributed by atoms with Gasteiger partial charge in [-0.25, -0.2) is 25.6 Å². The number of hydrogen-bond acceptors (Lipinski definition) is 3. The molecule has 138 valence electrons. The summed E-state index contributed by atoms with van der Waals surface area (Å²) in [6.07, 6.45) is 1.55. The summed E-state index contributed by atoms with van der Waals surface area (Å²) in [4.78, 5) is 11.8. The quantitative estimate of drug-likeness (QED) is 0.680. The smallest absolute Gasteiger partial charge is 0.268 e. The van der Waals surface area contributed by atoms with E-state index < -0.39 is 27.5 Å². The largest absolute Gasteiger partial charge is 0.294 e. The Bertz CT molecular complexity index is 1200. The molecular formula is C19H12F3NO3S. The van der Waals surface area contributed by atoms with Crippen molar-refractivity contribution < 1.29 is 26.4 Å². The van der Waals surface area contributed by atoms with E-state index in [0.29, 0.717) is 11.6 Å². The van der Waals surface area contributed by atoms with Gasteiger partial charge in [-0.05, 0) is 42.3 Å². The maximum Gasteiger partial charge on any atom is 0.268 e. The van der Waals surface area contributed by atoms with Crippen molar-refractivity contribution in [3.05, 3.63) is 77.2 Å². The minimum absolute atomic E-state index is 0.0439. The number of halogens is 3. The molecule has 0 atom stereocenters. The average molecular weight is 391 g/mol. The molecule has 0 N–H and O–H groups in total. The fraction of sp³-hybridized carbons (Fsp3) is 0.105. The SMILES string of the molecule is O=C1CCc2c1cn(S(=O)(=O)c1cccc(F)c1)c2-c1ccc(F)cc1F. The van der Waals surface area contributed by atoms with Crippen LogP contribution in [-0.2, 0) is 16.4 Å². The third kappa shape index (κ3) is 2.76. The second-order valence-electron chi connectivity index (χ2n) is 6.18. The second kappa shape index (κ2) is 6.09. The number of rotatable bonds is 3. The molecule has 1 heterocycles. The highest BCUT2D eigenvalue weighted by Gasteiger charge is 2.33. The number of fused-ring (bicyclic) bond motifs is 1. The van der Waals surface area contributed by atoms with Crippen molar-refractivity contribution >= 4 is 15.8 Å². The zero-order valence-corrected chi connectivity index (χ0v) is 14.6. The van der Waals surface area contributed by atoms with Gasteiger partial charge in [0.25, 0.3) is 10.0 Å². The molecule has 4 rings (SSSR count). The van der Waals surface area contributed by atoms with E-state index in [1.165, 1.54) is 12.1 Å². The maximum absolute atomic E-state index is 14.4. The van der Waals surface area contributed by atoms with Crippen molar-refractivity contribution in [3.63, 3.8) is 0 Å². The van der Waals surface area contributed by atoms with Gasteiger partial charge in [0.15, 0.2) is 5.78 Å². The van der Waals surface area contributed by atoms with Gasteiger partial charge >= 0.3 is 0 Å². The van der Waals surface area contributed by atoms with Gasteiger partial charge in [0.05, 0.1) is 10.6 Å². The third-order valence-electron chi connectivity index (χ3n) is 4.52. The molecule has 0 bridgehead atoms. The Morgan fingerprint density at radius 1 is 0.889 bits per heavy atom. The van der Waals surface area contributed by atoms with Crippen LogP contribution in [0.1, 0.15) is 22.3 Å². The highest BCUT2D eigenvalue weighted by Crippen LogP contribution is 2.37. The number of Topliss-reactive ketones (excluding diaryl/α,β-unsaturated/α-hetero) is 1. The molecule has 0 unspecified atom stereocenters. The topological polar surface area (TPSA) is 56.1 Å². The van der Waals surface area contributed by atoms with E-state index in [2.05, 4.69) is 0 Å². The van der Waals surface area contributed by atoms with Gasteiger partial charge < -0.3 is 0 Å². The minimum Gasteiger partial charge on any atom is -0.294 e. The van der Waals surface area contributed by atoms with Crippen LogP contribution in [0.4, 0.5) is 13.2 Å². The summed E-state index contributed by atoms with van der Waals surface area (Å²) in [5.41, 5.74) is 0.365. The molecule has 0 saturated heterocycles. The number of carbonyl (C=O) groups is 1. The fourth-order valence-electron chi connectivity index (χ4n) is 3.28. The summed E-state index contributed by atoms with van der Waals surface area (Å²) in [5.74, 6) is -2.77. The number of nitrogens with zero attached hydrogens (tertiary/aromatic N) is 1. The molecule has 0 saturated carbocycles. The highest BCUT2D eigenvalue weighted by molar-refractivity contribution is 7.90. The fourth-order valence-corrected chi connectivity index (χ4v) is 4.71. The Morgan fingerprint density at radius 2 is 1.63 bits per heavy atom. The Labute approximate surface area is 152 Å². The van der Waals surface area contributed by atoms with E-state index in [1.54, 1.807) is 0 Å². The summed E-state index contributed by atoms with van der Waals surface area (Å²) in [6.45, 7) is 0. The standard InChI is InChI=1S/C19H12F3NO3S/c20-11-2-1-3-13(8-11)27(25,26)23-10-16-14(6-7-18(16)24)19(23)15-5-4-12(21)9-17(15)22/h1-5,8-10H,6-7H2. The van der Waals surface area contributed by atoms with E-state index in [-0.39, 0.29) is 40.3 Å². The number of carbonyl (C=O) groups excluding carboxylic acids is 1. The minimum atomic E-state index is -4.30. The molecule has 2 aromatic carbocycles. The lowest BCUT2D eigenvalue weighted by Gasteiger charge is -2.13. The first-order chi connectivity index (χ1) is 12.8. The van der Waals surface area contributed by atoms with Crippen LogP contribution in [0.5, 0.6) is 0 Å². The molecule has 0 radical (unpaired) electrons. The van der Waals surface area contributed by atoms with Gasteiger partial charge in [-0.2, -0.15) is 0 Å². The van der Waals surface area contributed by atoms with E-state index in [4.69, 9.17) is 0 Å². The van der Waals surface area contributed by atoms with Crippen LogP contribution in [0.15, 0.2) is 53.6 Å². The average Bonchev–Trinajstić information content (AvgIpc) is 3.16. The Morgan fingerprint density at radius 3 is 2.33 bits per heavy atom. The van der Waals surface area contributed by atoms with Crippen molar-refractivity contribution in [3.8, 4) is 11.3 Å². The number of benzene rings is 2. The lowest BCUT2D eigenvalue weighted by Crippen LogP contribution is -2.15. The van der Waals surface area contributed by atoms with Gasteiger partial charge in [-0.1, -0.05) is 6.07 Å². The molecule has 1 aliphatic carbocycles. The van der Waals surface area contributed by atoms with Gasteiger partial charge in [-0.15, -0.1) is 0 Å². The zero-order chi connectivity index (χ0) is 19.3. The van der Waals surface area contributed by atoms with Crippen molar-refractivity contribution in [1.82, 2.24) is 3.97 Å². The Balaban J connectivity index is 2.02. The molecule has 4 nitrogen and oxygen atoms in total. The monoisotopic (exact) mass is 391 g/mol. The molecular weight excluding hydrogens is 379 g/mol. The number of hydrogen-bond donors (Lipinski definition) is 0. The van der Waals surface area contributed by atoms with Crippen molar-refractivity contribution in [1.29, 1.82) is 0 Å². The first-order valence-electron chi connectivity index (χ1n) is 8.03. The summed E-state index contributed by atoms with van der Waals surface area (Å²) in [6, 6.07) is 7.16. The van der Waals surface area contributed by atoms with Gasteiger partial charge in [0.1, 0.15) is 17.5 Å². The van der Waals surface area contributed by atoms with E-state index in [0.717, 1.165) is 34.4 Å². The Kier molecular flexibility index (Phi) is 3.96. The zero-order valence-electron chi connectivity index (χ0n) is 13.7. The van der Waals surface area contributed by atoms with Crippen LogP contribution >= 0.6 is 0 Å². The molecule has 0 spiro atoms. The lowest BCUT2D eigenvalue weighted by atomic mass is 10.1. The Hall–Kier alpha value is -2.87. The maximum atomic E-state index is 14.4. The summed E-state index contributed by atoms with van der Waals surface area (Å²) < 4.78 is 68.2. The number of ketones is 1. The third-order valence-corrected chi connectivity index (χ3v) is 6.17. The summed E-state index contributed by atoms with van der Waals surface area (Å²) in [7, 11) is -4.30. The molecule has 27 heavy (non-hydrogen) atoms.